The Balaban J connectivity index is 2.20. The van der Waals surface area contributed by atoms with Gasteiger partial charge in [-0.3, -0.25) is 0 Å². The van der Waals surface area contributed by atoms with Crippen LogP contribution in [0, 0.1) is 22.7 Å². The van der Waals surface area contributed by atoms with Crippen molar-refractivity contribution in [1.29, 1.82) is 10.5 Å². The second kappa shape index (κ2) is 5.20. The van der Waals surface area contributed by atoms with Crippen LogP contribution < -0.4 is 0 Å². The molecule has 0 saturated heterocycles. The van der Waals surface area contributed by atoms with E-state index in [4.69, 9.17) is 10.5 Å². The van der Waals surface area contributed by atoms with Crippen molar-refractivity contribution in [2.75, 3.05) is 0 Å². The Morgan fingerprint density at radius 2 is 1.09 bits per heavy atom. The molecule has 0 unspecified atom stereocenters. The predicted molar refractivity (Wildman–Crippen MR) is 87.4 cm³/mol. The molecule has 2 aromatic rings. The summed E-state index contributed by atoms with van der Waals surface area (Å²) in [6.07, 6.45) is 0. The van der Waals surface area contributed by atoms with E-state index in [0.29, 0.717) is 11.1 Å². The van der Waals surface area contributed by atoms with Gasteiger partial charge in [-0.2, -0.15) is 10.5 Å². The lowest BCUT2D eigenvalue weighted by Gasteiger charge is -2.30. The molecule has 1 aliphatic carbocycles. The fourth-order valence-electron chi connectivity index (χ4n) is 2.67. The molecule has 0 bridgehead atoms. The van der Waals surface area contributed by atoms with Crippen molar-refractivity contribution < 1.29 is 0 Å². The third-order valence-electron chi connectivity index (χ3n) is 3.78. The highest BCUT2D eigenvalue weighted by Crippen LogP contribution is 2.49. The number of rotatable bonds is 2. The summed E-state index contributed by atoms with van der Waals surface area (Å²) in [5, 5.41) is 18.1. The van der Waals surface area contributed by atoms with Crippen LogP contribution in [0.3, 0.4) is 0 Å². The average molecular weight is 280 g/mol. The molecule has 2 heteroatoms. The number of nitrogens with zero attached hydrogens (tertiary/aromatic N) is 2. The van der Waals surface area contributed by atoms with Crippen LogP contribution in [0.25, 0.3) is 11.1 Å². The van der Waals surface area contributed by atoms with Crippen LogP contribution in [0.5, 0.6) is 0 Å². The highest BCUT2D eigenvalue weighted by atomic mass is 14.3. The van der Waals surface area contributed by atoms with Gasteiger partial charge in [-0.25, -0.2) is 0 Å². The van der Waals surface area contributed by atoms with Gasteiger partial charge in [-0.05, 0) is 57.7 Å². The summed E-state index contributed by atoms with van der Waals surface area (Å²) < 4.78 is 0. The maximum absolute atomic E-state index is 9.06. The zero-order chi connectivity index (χ0) is 15.7. The van der Waals surface area contributed by atoms with Crippen molar-refractivity contribution in [3.8, 4) is 12.1 Å². The largest absolute Gasteiger partial charge is 0.192 e. The summed E-state index contributed by atoms with van der Waals surface area (Å²) in [5.74, 6) is 0. The first-order valence-corrected chi connectivity index (χ1v) is 6.80. The van der Waals surface area contributed by atoms with E-state index in [0.717, 1.165) is 33.4 Å². The van der Waals surface area contributed by atoms with Crippen molar-refractivity contribution in [2.24, 2.45) is 0 Å². The summed E-state index contributed by atoms with van der Waals surface area (Å²) in [6, 6.07) is 19.2. The molecule has 102 valence electrons. The second-order valence-electron chi connectivity index (χ2n) is 5.09. The van der Waals surface area contributed by atoms with Gasteiger partial charge in [0.15, 0.2) is 0 Å². The molecule has 0 fully saturated rings. The second-order valence-corrected chi connectivity index (χ2v) is 5.09. The standard InChI is InChI=1S/C20H12N2/c1-13-14(2)20(18-8-4-6-16(10-18)12-22)19(13)17-7-3-5-15(9-17)11-21/h3-10H,1-2H2. The predicted octanol–water partition coefficient (Wildman–Crippen LogP) is 4.47. The maximum Gasteiger partial charge on any atom is 0.0991 e. The van der Waals surface area contributed by atoms with Crippen LogP contribution in [-0.2, 0) is 0 Å². The van der Waals surface area contributed by atoms with E-state index in [-0.39, 0.29) is 0 Å². The van der Waals surface area contributed by atoms with E-state index in [2.05, 4.69) is 25.3 Å². The fourth-order valence-corrected chi connectivity index (χ4v) is 2.67. The van der Waals surface area contributed by atoms with Gasteiger partial charge >= 0.3 is 0 Å². The van der Waals surface area contributed by atoms with Gasteiger partial charge in [0.05, 0.1) is 23.3 Å². The van der Waals surface area contributed by atoms with Gasteiger partial charge in [0.25, 0.3) is 0 Å². The molecule has 0 atom stereocenters. The number of benzene rings is 2. The fraction of sp³-hybridized carbons (Fsp3) is 0. The van der Waals surface area contributed by atoms with E-state index < -0.39 is 0 Å². The Bertz CT molecular complexity index is 853. The molecule has 0 saturated carbocycles. The van der Waals surface area contributed by atoms with Gasteiger partial charge in [-0.15, -0.1) is 0 Å². The Labute approximate surface area is 129 Å². The van der Waals surface area contributed by atoms with E-state index in [1.807, 2.05) is 36.4 Å². The van der Waals surface area contributed by atoms with Crippen molar-refractivity contribution in [2.45, 2.75) is 0 Å². The summed E-state index contributed by atoms with van der Waals surface area (Å²) in [5.41, 5.74) is 6.89. The Hall–Kier alpha value is -3.36. The number of allylic oxidation sites excluding steroid dienone is 4. The minimum Gasteiger partial charge on any atom is -0.192 e. The molecular formula is C20H12N2. The minimum atomic E-state index is 0.612. The van der Waals surface area contributed by atoms with Crippen LogP contribution in [0.15, 0.2) is 72.8 Å². The maximum atomic E-state index is 9.06. The third-order valence-corrected chi connectivity index (χ3v) is 3.78. The first-order chi connectivity index (χ1) is 10.7. The molecule has 0 aliphatic heterocycles. The lowest BCUT2D eigenvalue weighted by Crippen LogP contribution is -2.09. The van der Waals surface area contributed by atoms with Crippen LogP contribution in [-0.4, -0.2) is 0 Å². The molecule has 3 rings (SSSR count). The topological polar surface area (TPSA) is 47.6 Å². The Morgan fingerprint density at radius 1 is 0.682 bits per heavy atom. The smallest absolute Gasteiger partial charge is 0.0991 e. The van der Waals surface area contributed by atoms with E-state index in [1.54, 1.807) is 12.1 Å². The van der Waals surface area contributed by atoms with Crippen molar-refractivity contribution in [3.63, 3.8) is 0 Å². The van der Waals surface area contributed by atoms with Crippen LogP contribution >= 0.6 is 0 Å². The van der Waals surface area contributed by atoms with Crippen LogP contribution in [0.2, 0.25) is 0 Å². The molecule has 2 aromatic carbocycles. The highest BCUT2D eigenvalue weighted by Gasteiger charge is 2.28. The zero-order valence-corrected chi connectivity index (χ0v) is 11.9. The molecule has 0 N–H and O–H groups in total. The molecule has 0 aromatic heterocycles. The van der Waals surface area contributed by atoms with Crippen LogP contribution in [0.4, 0.5) is 0 Å². The SMILES string of the molecule is C=C1C(=C)C(c2cccc(C#N)c2)=C1c1cccc(C#N)c1. The van der Waals surface area contributed by atoms with Gasteiger partial charge in [0, 0.05) is 0 Å². The summed E-state index contributed by atoms with van der Waals surface area (Å²) in [4.78, 5) is 0. The minimum absolute atomic E-state index is 0.612. The van der Waals surface area contributed by atoms with Crippen molar-refractivity contribution >= 4 is 11.1 Å². The molecule has 0 radical (unpaired) electrons. The molecule has 1 aliphatic rings. The molecule has 22 heavy (non-hydrogen) atoms. The molecular weight excluding hydrogens is 268 g/mol. The monoisotopic (exact) mass is 280 g/mol. The molecule has 0 amide bonds. The van der Waals surface area contributed by atoms with Crippen molar-refractivity contribution in [1.82, 2.24) is 0 Å². The average Bonchev–Trinajstić information content (AvgIpc) is 2.58. The lowest BCUT2D eigenvalue weighted by atomic mass is 9.73. The number of hydrogen-bond donors (Lipinski definition) is 0. The summed E-state index contributed by atoms with van der Waals surface area (Å²) >= 11 is 0. The first kappa shape index (κ1) is 13.6. The van der Waals surface area contributed by atoms with Gasteiger partial charge in [0.1, 0.15) is 0 Å². The normalized spacial score (nSPS) is 13.4. The Morgan fingerprint density at radius 3 is 1.45 bits per heavy atom. The van der Waals surface area contributed by atoms with E-state index >= 15 is 0 Å². The molecule has 0 spiro atoms. The van der Waals surface area contributed by atoms with E-state index in [1.165, 1.54) is 0 Å². The number of nitriles is 2. The number of hydrogen-bond acceptors (Lipinski definition) is 2. The highest BCUT2D eigenvalue weighted by molar-refractivity contribution is 6.17. The third kappa shape index (κ3) is 2.04. The van der Waals surface area contributed by atoms with Crippen molar-refractivity contribution in [3.05, 3.63) is 95.1 Å². The quantitative estimate of drug-likeness (QED) is 0.815. The van der Waals surface area contributed by atoms with Gasteiger partial charge in [-0.1, -0.05) is 37.4 Å². The van der Waals surface area contributed by atoms with Gasteiger partial charge in [0.2, 0.25) is 0 Å². The molecule has 0 heterocycles. The first-order valence-electron chi connectivity index (χ1n) is 6.80. The van der Waals surface area contributed by atoms with E-state index in [9.17, 15) is 0 Å². The Kier molecular flexibility index (Phi) is 3.22. The zero-order valence-electron chi connectivity index (χ0n) is 11.9. The summed E-state index contributed by atoms with van der Waals surface area (Å²) in [6.45, 7) is 8.14. The lowest BCUT2D eigenvalue weighted by molar-refractivity contribution is 1.42. The molecule has 2 nitrogen and oxygen atoms in total. The van der Waals surface area contributed by atoms with Gasteiger partial charge < -0.3 is 0 Å². The van der Waals surface area contributed by atoms with Crippen LogP contribution in [0.1, 0.15) is 22.3 Å². The summed E-state index contributed by atoms with van der Waals surface area (Å²) in [7, 11) is 0.